The van der Waals surface area contributed by atoms with Crippen molar-refractivity contribution in [2.75, 3.05) is 11.1 Å². The highest BCUT2D eigenvalue weighted by Gasteiger charge is 2.19. The Balaban J connectivity index is 1.90. The van der Waals surface area contributed by atoms with Crippen LogP contribution in [0.2, 0.25) is 0 Å². The molecule has 1 amide bonds. The number of nitrogen functional groups attached to an aromatic ring is 1. The van der Waals surface area contributed by atoms with Crippen molar-refractivity contribution in [1.29, 1.82) is 0 Å². The first-order valence-electron chi connectivity index (χ1n) is 7.21. The maximum atomic E-state index is 12.4. The van der Waals surface area contributed by atoms with Crippen LogP contribution in [0, 0.1) is 13.8 Å². The van der Waals surface area contributed by atoms with Crippen molar-refractivity contribution in [1.82, 2.24) is 15.0 Å². The number of hydrogen-bond acceptors (Lipinski definition) is 4. The number of anilines is 2. The molecule has 0 fully saturated rings. The molecule has 3 aromatic rings. The highest BCUT2D eigenvalue weighted by molar-refractivity contribution is 6.06. The number of carbonyl (C=O) groups excluding carboxylic acids is 1. The van der Waals surface area contributed by atoms with Gasteiger partial charge in [-0.25, -0.2) is 0 Å². The Morgan fingerprint density at radius 2 is 1.91 bits per heavy atom. The van der Waals surface area contributed by atoms with Crippen LogP contribution in [0.15, 0.2) is 48.5 Å². The number of rotatable bonds is 3. The number of carbonyl (C=O) groups is 1. The van der Waals surface area contributed by atoms with E-state index in [0.717, 1.165) is 22.5 Å². The van der Waals surface area contributed by atoms with Gasteiger partial charge in [0.1, 0.15) is 0 Å². The molecule has 1 heterocycles. The molecule has 1 aromatic heterocycles. The Kier molecular flexibility index (Phi) is 3.80. The van der Waals surface area contributed by atoms with Crippen molar-refractivity contribution in [3.05, 3.63) is 65.4 Å². The number of amides is 1. The average Bonchev–Trinajstić information content (AvgIpc) is 2.91. The fraction of sp³-hybridized carbons (Fsp3) is 0.118. The Morgan fingerprint density at radius 3 is 2.65 bits per heavy atom. The molecule has 0 unspecified atom stereocenters. The van der Waals surface area contributed by atoms with Crippen LogP contribution in [0.1, 0.15) is 21.6 Å². The Morgan fingerprint density at radius 1 is 1.13 bits per heavy atom. The highest BCUT2D eigenvalue weighted by Crippen LogP contribution is 2.19. The van der Waals surface area contributed by atoms with E-state index in [-0.39, 0.29) is 17.4 Å². The Bertz CT molecular complexity index is 869. The Hall–Kier alpha value is -3.15. The van der Waals surface area contributed by atoms with Crippen molar-refractivity contribution in [2.45, 2.75) is 13.8 Å². The molecule has 0 bridgehead atoms. The summed E-state index contributed by atoms with van der Waals surface area (Å²) < 4.78 is 1.46. The lowest BCUT2D eigenvalue weighted by atomic mass is 10.2. The molecule has 23 heavy (non-hydrogen) atoms. The molecule has 3 N–H and O–H groups in total. The summed E-state index contributed by atoms with van der Waals surface area (Å²) >= 11 is 0. The van der Waals surface area contributed by atoms with Crippen molar-refractivity contribution in [3.8, 4) is 5.69 Å². The summed E-state index contributed by atoms with van der Waals surface area (Å²) in [7, 11) is 0. The monoisotopic (exact) mass is 307 g/mol. The number of benzene rings is 2. The third kappa shape index (κ3) is 2.91. The molecule has 0 spiro atoms. The number of nitrogens with zero attached hydrogens (tertiary/aromatic N) is 3. The summed E-state index contributed by atoms with van der Waals surface area (Å²) in [6, 6.07) is 15.2. The number of para-hydroxylation sites is 1. The minimum atomic E-state index is -0.379. The van der Waals surface area contributed by atoms with E-state index >= 15 is 0 Å². The van der Waals surface area contributed by atoms with Crippen LogP contribution in [-0.2, 0) is 0 Å². The molecule has 6 heteroatoms. The molecule has 0 saturated carbocycles. The van der Waals surface area contributed by atoms with E-state index in [1.807, 2.05) is 62.4 Å². The summed E-state index contributed by atoms with van der Waals surface area (Å²) in [5.41, 5.74) is 9.69. The number of aromatic nitrogens is 3. The van der Waals surface area contributed by atoms with E-state index < -0.39 is 0 Å². The van der Waals surface area contributed by atoms with E-state index in [4.69, 9.17) is 5.73 Å². The van der Waals surface area contributed by atoms with E-state index in [1.54, 1.807) is 0 Å². The molecule has 0 aliphatic rings. The number of aryl methyl sites for hydroxylation is 2. The van der Waals surface area contributed by atoms with Gasteiger partial charge in [-0.15, -0.1) is 5.10 Å². The minimum Gasteiger partial charge on any atom is -0.382 e. The van der Waals surface area contributed by atoms with Gasteiger partial charge in [0, 0.05) is 5.69 Å². The standard InChI is InChI=1S/C17H17N5O/c1-11-6-5-8-13(10-11)22-16(18)15(20-21-22)17(23)19-14-9-4-3-7-12(14)2/h3-10H,18H2,1-2H3,(H,19,23). The molecular weight excluding hydrogens is 290 g/mol. The van der Waals surface area contributed by atoms with Gasteiger partial charge < -0.3 is 11.1 Å². The molecule has 0 aliphatic heterocycles. The van der Waals surface area contributed by atoms with Crippen LogP contribution in [0.4, 0.5) is 11.5 Å². The molecule has 116 valence electrons. The summed E-state index contributed by atoms with van der Waals surface area (Å²) in [5, 5.41) is 10.7. The van der Waals surface area contributed by atoms with Gasteiger partial charge in [0.2, 0.25) is 0 Å². The number of hydrogen-bond donors (Lipinski definition) is 2. The number of nitrogens with one attached hydrogen (secondary N) is 1. The molecule has 2 aromatic carbocycles. The molecule has 0 atom stereocenters. The normalized spacial score (nSPS) is 10.5. The van der Waals surface area contributed by atoms with Crippen LogP contribution >= 0.6 is 0 Å². The topological polar surface area (TPSA) is 85.8 Å². The van der Waals surface area contributed by atoms with E-state index in [2.05, 4.69) is 15.6 Å². The molecule has 3 rings (SSSR count). The first-order valence-corrected chi connectivity index (χ1v) is 7.21. The van der Waals surface area contributed by atoms with Gasteiger partial charge in [-0.05, 0) is 43.2 Å². The van der Waals surface area contributed by atoms with Gasteiger partial charge in [-0.1, -0.05) is 35.5 Å². The van der Waals surface area contributed by atoms with Crippen molar-refractivity contribution >= 4 is 17.4 Å². The zero-order valence-electron chi connectivity index (χ0n) is 12.9. The highest BCUT2D eigenvalue weighted by atomic mass is 16.2. The fourth-order valence-electron chi connectivity index (χ4n) is 2.30. The summed E-state index contributed by atoms with van der Waals surface area (Å²) in [5.74, 6) is -0.169. The van der Waals surface area contributed by atoms with Gasteiger partial charge in [0.25, 0.3) is 5.91 Å². The average molecular weight is 307 g/mol. The van der Waals surface area contributed by atoms with Crippen molar-refractivity contribution in [2.24, 2.45) is 0 Å². The lowest BCUT2D eigenvalue weighted by molar-refractivity contribution is 0.102. The maximum absolute atomic E-state index is 12.4. The SMILES string of the molecule is Cc1cccc(-n2nnc(C(=O)Nc3ccccc3C)c2N)c1. The lowest BCUT2D eigenvalue weighted by Crippen LogP contribution is -2.15. The maximum Gasteiger partial charge on any atom is 0.280 e. The zero-order valence-corrected chi connectivity index (χ0v) is 12.9. The van der Waals surface area contributed by atoms with Crippen molar-refractivity contribution in [3.63, 3.8) is 0 Å². The summed E-state index contributed by atoms with van der Waals surface area (Å²) in [6.07, 6.45) is 0. The van der Waals surface area contributed by atoms with Crippen LogP contribution in [-0.4, -0.2) is 20.9 Å². The quantitative estimate of drug-likeness (QED) is 0.779. The molecular formula is C17H17N5O. The number of nitrogens with two attached hydrogens (primary N) is 1. The third-order valence-electron chi connectivity index (χ3n) is 3.56. The second-order valence-electron chi connectivity index (χ2n) is 5.34. The van der Waals surface area contributed by atoms with Crippen LogP contribution in [0.5, 0.6) is 0 Å². The van der Waals surface area contributed by atoms with Gasteiger partial charge in [-0.3, -0.25) is 4.79 Å². The summed E-state index contributed by atoms with van der Waals surface area (Å²) in [6.45, 7) is 3.89. The first kappa shape index (κ1) is 14.8. The van der Waals surface area contributed by atoms with Crippen LogP contribution in [0.25, 0.3) is 5.69 Å². The first-order chi connectivity index (χ1) is 11.1. The lowest BCUT2D eigenvalue weighted by Gasteiger charge is -2.07. The van der Waals surface area contributed by atoms with E-state index in [9.17, 15) is 4.79 Å². The second-order valence-corrected chi connectivity index (χ2v) is 5.34. The second kappa shape index (κ2) is 5.92. The fourth-order valence-corrected chi connectivity index (χ4v) is 2.30. The van der Waals surface area contributed by atoms with Gasteiger partial charge in [-0.2, -0.15) is 4.68 Å². The van der Waals surface area contributed by atoms with Crippen LogP contribution < -0.4 is 11.1 Å². The molecule has 6 nitrogen and oxygen atoms in total. The minimum absolute atomic E-state index is 0.106. The van der Waals surface area contributed by atoms with Gasteiger partial charge in [0.05, 0.1) is 5.69 Å². The molecule has 0 aliphatic carbocycles. The predicted octanol–water partition coefficient (Wildman–Crippen LogP) is 2.72. The zero-order chi connectivity index (χ0) is 16.4. The third-order valence-corrected chi connectivity index (χ3v) is 3.56. The molecule has 0 saturated heterocycles. The largest absolute Gasteiger partial charge is 0.382 e. The Labute approximate surface area is 133 Å². The van der Waals surface area contributed by atoms with Gasteiger partial charge in [0.15, 0.2) is 11.5 Å². The summed E-state index contributed by atoms with van der Waals surface area (Å²) in [4.78, 5) is 12.4. The van der Waals surface area contributed by atoms with E-state index in [0.29, 0.717) is 0 Å². The van der Waals surface area contributed by atoms with Crippen molar-refractivity contribution < 1.29 is 4.79 Å². The van der Waals surface area contributed by atoms with Gasteiger partial charge >= 0.3 is 0 Å². The van der Waals surface area contributed by atoms with Crippen LogP contribution in [0.3, 0.4) is 0 Å². The predicted molar refractivity (Wildman–Crippen MR) is 89.6 cm³/mol. The van der Waals surface area contributed by atoms with E-state index in [1.165, 1.54) is 4.68 Å². The smallest absolute Gasteiger partial charge is 0.280 e. The molecule has 0 radical (unpaired) electrons.